The van der Waals surface area contributed by atoms with Crippen molar-refractivity contribution in [3.63, 3.8) is 0 Å². The summed E-state index contributed by atoms with van der Waals surface area (Å²) in [5.74, 6) is 0.0395. The lowest BCUT2D eigenvalue weighted by Gasteiger charge is -2.12. The second kappa shape index (κ2) is 5.27. The Bertz CT molecular complexity index is 816. The van der Waals surface area contributed by atoms with Gasteiger partial charge in [0.25, 0.3) is 10.0 Å². The van der Waals surface area contributed by atoms with E-state index in [0.29, 0.717) is 28.6 Å². The standard InChI is InChI=1S/C15H12BrNO3S/c16-15-12(8-6-10-7-9-13(18)14(10)15)17-21(19,20)11-4-2-1-3-5-11/h1-6,8,17H,7,9H2. The van der Waals surface area contributed by atoms with Crippen molar-refractivity contribution in [2.75, 3.05) is 4.72 Å². The Kier molecular flexibility index (Phi) is 3.59. The molecular weight excluding hydrogens is 354 g/mol. The van der Waals surface area contributed by atoms with Crippen LogP contribution in [-0.4, -0.2) is 14.2 Å². The zero-order chi connectivity index (χ0) is 15.0. The number of Topliss-reactive ketones (excluding diaryl/α,β-unsaturated/α-hetero) is 1. The summed E-state index contributed by atoms with van der Waals surface area (Å²) >= 11 is 3.35. The molecule has 0 heterocycles. The van der Waals surface area contributed by atoms with Gasteiger partial charge < -0.3 is 0 Å². The molecule has 0 atom stereocenters. The predicted molar refractivity (Wildman–Crippen MR) is 84.0 cm³/mol. The Morgan fingerprint density at radius 3 is 2.43 bits per heavy atom. The van der Waals surface area contributed by atoms with Crippen LogP contribution in [0.4, 0.5) is 5.69 Å². The van der Waals surface area contributed by atoms with Gasteiger partial charge in [0.05, 0.1) is 15.1 Å². The Morgan fingerprint density at radius 2 is 1.71 bits per heavy atom. The van der Waals surface area contributed by atoms with Crippen molar-refractivity contribution in [3.05, 3.63) is 58.1 Å². The molecule has 0 radical (unpaired) electrons. The quantitative estimate of drug-likeness (QED) is 0.906. The van der Waals surface area contributed by atoms with Gasteiger partial charge >= 0.3 is 0 Å². The number of nitrogens with one attached hydrogen (secondary N) is 1. The number of aryl methyl sites for hydroxylation is 1. The molecule has 3 rings (SSSR count). The van der Waals surface area contributed by atoms with Crippen LogP contribution in [0.2, 0.25) is 0 Å². The lowest BCUT2D eigenvalue weighted by molar-refractivity contribution is 0.0994. The van der Waals surface area contributed by atoms with Gasteiger partial charge in [-0.15, -0.1) is 0 Å². The van der Waals surface area contributed by atoms with Crippen molar-refractivity contribution < 1.29 is 13.2 Å². The highest BCUT2D eigenvalue weighted by molar-refractivity contribution is 9.10. The molecule has 0 unspecified atom stereocenters. The molecule has 108 valence electrons. The van der Waals surface area contributed by atoms with Crippen molar-refractivity contribution >= 4 is 37.4 Å². The van der Waals surface area contributed by atoms with Crippen molar-refractivity contribution in [2.45, 2.75) is 17.7 Å². The summed E-state index contributed by atoms with van der Waals surface area (Å²) in [5.41, 5.74) is 1.92. The first-order valence-corrected chi connectivity index (χ1v) is 8.69. The molecule has 0 fully saturated rings. The fourth-order valence-electron chi connectivity index (χ4n) is 2.38. The largest absolute Gasteiger partial charge is 0.294 e. The molecule has 6 heteroatoms. The Morgan fingerprint density at radius 1 is 1.00 bits per heavy atom. The highest BCUT2D eigenvalue weighted by Crippen LogP contribution is 2.35. The van der Waals surface area contributed by atoms with Gasteiger partial charge in [0.2, 0.25) is 0 Å². The number of fused-ring (bicyclic) bond motifs is 1. The van der Waals surface area contributed by atoms with Crippen LogP contribution >= 0.6 is 15.9 Å². The van der Waals surface area contributed by atoms with E-state index in [0.717, 1.165) is 5.56 Å². The minimum Gasteiger partial charge on any atom is -0.294 e. The number of carbonyl (C=O) groups is 1. The van der Waals surface area contributed by atoms with Crippen LogP contribution in [-0.2, 0) is 16.4 Å². The van der Waals surface area contributed by atoms with Crippen molar-refractivity contribution in [1.29, 1.82) is 0 Å². The first kappa shape index (κ1) is 14.3. The van der Waals surface area contributed by atoms with Gasteiger partial charge in [0, 0.05) is 12.0 Å². The number of benzene rings is 2. The minimum atomic E-state index is -3.66. The van der Waals surface area contributed by atoms with Crippen LogP contribution < -0.4 is 4.72 Å². The van der Waals surface area contributed by atoms with Gasteiger partial charge in [0.1, 0.15) is 0 Å². The molecule has 0 bridgehead atoms. The summed E-state index contributed by atoms with van der Waals surface area (Å²) in [5, 5.41) is 0. The minimum absolute atomic E-state index is 0.0395. The van der Waals surface area contributed by atoms with Gasteiger partial charge in [-0.2, -0.15) is 0 Å². The van der Waals surface area contributed by atoms with E-state index in [9.17, 15) is 13.2 Å². The summed E-state index contributed by atoms with van der Waals surface area (Å²) in [6.45, 7) is 0. The third-order valence-corrected chi connectivity index (χ3v) is 5.63. The van der Waals surface area contributed by atoms with E-state index in [1.54, 1.807) is 30.3 Å². The Hall–Kier alpha value is -1.66. The fourth-order valence-corrected chi connectivity index (χ4v) is 4.31. The van der Waals surface area contributed by atoms with E-state index < -0.39 is 10.0 Å². The molecule has 0 amide bonds. The molecule has 0 saturated carbocycles. The van der Waals surface area contributed by atoms with E-state index in [4.69, 9.17) is 0 Å². The molecule has 2 aromatic rings. The van der Waals surface area contributed by atoms with Crippen LogP contribution in [0.25, 0.3) is 0 Å². The summed E-state index contributed by atoms with van der Waals surface area (Å²) in [6.07, 6.45) is 1.18. The van der Waals surface area contributed by atoms with Crippen LogP contribution in [0.1, 0.15) is 22.3 Å². The maximum Gasteiger partial charge on any atom is 0.261 e. The zero-order valence-corrected chi connectivity index (χ0v) is 13.4. The average Bonchev–Trinajstić information content (AvgIpc) is 2.85. The molecule has 0 spiro atoms. The summed E-state index contributed by atoms with van der Waals surface area (Å²) in [7, 11) is -3.66. The fraction of sp³-hybridized carbons (Fsp3) is 0.133. The number of anilines is 1. The maximum atomic E-state index is 12.3. The number of carbonyl (C=O) groups excluding carboxylic acids is 1. The smallest absolute Gasteiger partial charge is 0.261 e. The molecule has 1 aliphatic carbocycles. The van der Waals surface area contributed by atoms with Crippen LogP contribution in [0.3, 0.4) is 0 Å². The number of rotatable bonds is 3. The number of sulfonamides is 1. The van der Waals surface area contributed by atoms with Gasteiger partial charge in [-0.3, -0.25) is 9.52 Å². The molecule has 0 saturated heterocycles. The molecule has 1 aliphatic rings. The molecule has 0 aromatic heterocycles. The average molecular weight is 366 g/mol. The monoisotopic (exact) mass is 365 g/mol. The SMILES string of the molecule is O=C1CCc2ccc(NS(=O)(=O)c3ccccc3)c(Br)c21. The van der Waals surface area contributed by atoms with Crippen molar-refractivity contribution in [2.24, 2.45) is 0 Å². The van der Waals surface area contributed by atoms with E-state index >= 15 is 0 Å². The van der Waals surface area contributed by atoms with E-state index in [-0.39, 0.29) is 10.7 Å². The first-order chi connectivity index (χ1) is 9.99. The van der Waals surface area contributed by atoms with Gasteiger partial charge in [-0.25, -0.2) is 8.42 Å². The number of hydrogen-bond donors (Lipinski definition) is 1. The number of hydrogen-bond acceptors (Lipinski definition) is 3. The Balaban J connectivity index is 2.00. The van der Waals surface area contributed by atoms with Gasteiger partial charge in [-0.05, 0) is 46.1 Å². The van der Waals surface area contributed by atoms with E-state index in [1.165, 1.54) is 12.1 Å². The first-order valence-electron chi connectivity index (χ1n) is 6.41. The lowest BCUT2D eigenvalue weighted by atomic mass is 10.1. The Labute approximate surface area is 131 Å². The molecule has 4 nitrogen and oxygen atoms in total. The number of halogens is 1. The van der Waals surface area contributed by atoms with Crippen molar-refractivity contribution in [1.82, 2.24) is 0 Å². The van der Waals surface area contributed by atoms with Crippen LogP contribution in [0.5, 0.6) is 0 Å². The highest BCUT2D eigenvalue weighted by atomic mass is 79.9. The molecule has 2 aromatic carbocycles. The normalized spacial score (nSPS) is 14.0. The highest BCUT2D eigenvalue weighted by Gasteiger charge is 2.25. The second-order valence-electron chi connectivity index (χ2n) is 4.80. The summed E-state index contributed by atoms with van der Waals surface area (Å²) < 4.78 is 27.7. The molecule has 0 aliphatic heterocycles. The maximum absolute atomic E-state index is 12.3. The second-order valence-corrected chi connectivity index (χ2v) is 7.28. The predicted octanol–water partition coefficient (Wildman–Crippen LogP) is 3.38. The third kappa shape index (κ3) is 2.61. The molecule has 1 N–H and O–H groups in total. The van der Waals surface area contributed by atoms with E-state index in [2.05, 4.69) is 20.7 Å². The van der Waals surface area contributed by atoms with Gasteiger partial charge in [0.15, 0.2) is 5.78 Å². The summed E-state index contributed by atoms with van der Waals surface area (Å²) in [6, 6.07) is 11.6. The van der Waals surface area contributed by atoms with Crippen LogP contribution in [0, 0.1) is 0 Å². The van der Waals surface area contributed by atoms with Crippen molar-refractivity contribution in [3.8, 4) is 0 Å². The topological polar surface area (TPSA) is 63.2 Å². The van der Waals surface area contributed by atoms with E-state index in [1.807, 2.05) is 0 Å². The number of ketones is 1. The lowest BCUT2D eigenvalue weighted by Crippen LogP contribution is -2.13. The van der Waals surface area contributed by atoms with Crippen LogP contribution in [0.15, 0.2) is 51.8 Å². The molecular formula is C15H12BrNO3S. The third-order valence-electron chi connectivity index (χ3n) is 3.43. The van der Waals surface area contributed by atoms with Gasteiger partial charge in [-0.1, -0.05) is 24.3 Å². The zero-order valence-electron chi connectivity index (χ0n) is 11.0. The summed E-state index contributed by atoms with van der Waals surface area (Å²) in [4.78, 5) is 12.1. The molecule has 21 heavy (non-hydrogen) atoms.